The number of carbonyl (C=O) groups is 2. The maximum Gasteiger partial charge on any atom is 0.416 e. The summed E-state index contributed by atoms with van der Waals surface area (Å²) in [5, 5.41) is 8.01. The SMILES string of the molecule is Cc1ccc(NC(=O)NC2C3Oc4ccc(Oc5ccnc6c5CCC(=O)N6)cc4C23)cc1C(F)(F)F. The normalized spacial score (nSPS) is 21.1. The molecule has 1 saturated carbocycles. The molecule has 3 atom stereocenters. The van der Waals surface area contributed by atoms with Gasteiger partial charge in [0.2, 0.25) is 5.91 Å². The second-order valence-corrected chi connectivity index (χ2v) is 9.25. The van der Waals surface area contributed by atoms with Crippen molar-refractivity contribution in [1.29, 1.82) is 0 Å². The van der Waals surface area contributed by atoms with Crippen LogP contribution in [0.1, 0.15) is 34.6 Å². The van der Waals surface area contributed by atoms with Crippen LogP contribution in [0.3, 0.4) is 0 Å². The number of urea groups is 1. The van der Waals surface area contributed by atoms with Gasteiger partial charge < -0.3 is 25.4 Å². The molecule has 2 aliphatic heterocycles. The highest BCUT2D eigenvalue weighted by atomic mass is 19.4. The third-order valence-corrected chi connectivity index (χ3v) is 6.76. The van der Waals surface area contributed by atoms with Crippen molar-refractivity contribution >= 4 is 23.4 Å². The average Bonchev–Trinajstić information content (AvgIpc) is 3.35. The zero-order valence-corrected chi connectivity index (χ0v) is 19.5. The van der Waals surface area contributed by atoms with Crippen LogP contribution < -0.4 is 25.4 Å². The number of fused-ring (bicyclic) bond motifs is 4. The predicted molar refractivity (Wildman–Crippen MR) is 127 cm³/mol. The number of rotatable bonds is 4. The second kappa shape index (κ2) is 8.39. The minimum Gasteiger partial charge on any atom is -0.487 e. The molecule has 3 aromatic rings. The van der Waals surface area contributed by atoms with Crippen LogP contribution in [0.25, 0.3) is 0 Å². The molecule has 3 heterocycles. The van der Waals surface area contributed by atoms with Gasteiger partial charge in [0.1, 0.15) is 29.2 Å². The van der Waals surface area contributed by atoms with E-state index in [4.69, 9.17) is 9.47 Å². The van der Waals surface area contributed by atoms with E-state index in [1.54, 1.807) is 24.4 Å². The Kier molecular flexibility index (Phi) is 5.25. The van der Waals surface area contributed by atoms with Gasteiger partial charge in [0, 0.05) is 29.4 Å². The lowest BCUT2D eigenvalue weighted by molar-refractivity contribution is -0.138. The number of alkyl halides is 3. The Bertz CT molecular complexity index is 1440. The minimum atomic E-state index is -4.51. The highest BCUT2D eigenvalue weighted by molar-refractivity contribution is 5.93. The Morgan fingerprint density at radius 3 is 2.81 bits per heavy atom. The van der Waals surface area contributed by atoms with E-state index < -0.39 is 17.8 Å². The van der Waals surface area contributed by atoms with Crippen LogP contribution in [-0.4, -0.2) is 29.1 Å². The number of carbonyl (C=O) groups excluding carboxylic acids is 2. The van der Waals surface area contributed by atoms with Crippen LogP contribution in [0.5, 0.6) is 17.2 Å². The lowest BCUT2D eigenvalue weighted by atomic mass is 10.1. The summed E-state index contributed by atoms with van der Waals surface area (Å²) >= 11 is 0. The highest BCUT2D eigenvalue weighted by Gasteiger charge is 2.59. The summed E-state index contributed by atoms with van der Waals surface area (Å²) < 4.78 is 51.6. The van der Waals surface area contributed by atoms with Gasteiger partial charge in [0.15, 0.2) is 0 Å². The zero-order chi connectivity index (χ0) is 25.9. The van der Waals surface area contributed by atoms with Crippen molar-refractivity contribution in [2.24, 2.45) is 0 Å². The van der Waals surface area contributed by atoms with Gasteiger partial charge in [0.25, 0.3) is 0 Å². The van der Waals surface area contributed by atoms with Crippen molar-refractivity contribution < 1.29 is 32.2 Å². The summed E-state index contributed by atoms with van der Waals surface area (Å²) in [7, 11) is 0. The van der Waals surface area contributed by atoms with Gasteiger partial charge in [-0.15, -0.1) is 0 Å². The van der Waals surface area contributed by atoms with Crippen molar-refractivity contribution in [3.63, 3.8) is 0 Å². The van der Waals surface area contributed by atoms with Crippen molar-refractivity contribution in [3.05, 3.63) is 70.9 Å². The lowest BCUT2D eigenvalue weighted by Crippen LogP contribution is -2.34. The van der Waals surface area contributed by atoms with Gasteiger partial charge in [-0.05, 0) is 55.3 Å². The van der Waals surface area contributed by atoms with E-state index in [9.17, 15) is 22.8 Å². The van der Waals surface area contributed by atoms with Gasteiger partial charge in [-0.25, -0.2) is 9.78 Å². The summed E-state index contributed by atoms with van der Waals surface area (Å²) in [6, 6.07) is 9.90. The van der Waals surface area contributed by atoms with E-state index in [-0.39, 0.29) is 35.2 Å². The molecule has 0 radical (unpaired) electrons. The Morgan fingerprint density at radius 2 is 2.00 bits per heavy atom. The van der Waals surface area contributed by atoms with Crippen LogP contribution in [0.4, 0.5) is 29.5 Å². The number of hydrogen-bond acceptors (Lipinski definition) is 5. The molecule has 2 aromatic carbocycles. The maximum atomic E-state index is 13.2. The molecule has 37 heavy (non-hydrogen) atoms. The number of nitrogens with one attached hydrogen (secondary N) is 3. The summed E-state index contributed by atoms with van der Waals surface area (Å²) in [4.78, 5) is 28.4. The van der Waals surface area contributed by atoms with E-state index in [0.29, 0.717) is 35.9 Å². The van der Waals surface area contributed by atoms with Gasteiger partial charge >= 0.3 is 12.2 Å². The quantitative estimate of drug-likeness (QED) is 0.452. The van der Waals surface area contributed by atoms with E-state index >= 15 is 0 Å². The number of halogens is 3. The molecule has 0 spiro atoms. The number of nitrogens with zero attached hydrogens (tertiary/aromatic N) is 1. The van der Waals surface area contributed by atoms with Gasteiger partial charge in [-0.1, -0.05) is 6.07 Å². The summed E-state index contributed by atoms with van der Waals surface area (Å²) in [5.41, 5.74) is 1.03. The number of aryl methyl sites for hydroxylation is 1. The highest BCUT2D eigenvalue weighted by Crippen LogP contribution is 2.54. The molecule has 3 aliphatic rings. The Labute approximate surface area is 209 Å². The van der Waals surface area contributed by atoms with Crippen LogP contribution >= 0.6 is 0 Å². The van der Waals surface area contributed by atoms with Crippen LogP contribution in [0.15, 0.2) is 48.7 Å². The second-order valence-electron chi connectivity index (χ2n) is 9.25. The molecule has 3 unspecified atom stereocenters. The summed E-state index contributed by atoms with van der Waals surface area (Å²) in [6.07, 6.45) is -2.32. The monoisotopic (exact) mass is 510 g/mol. The third-order valence-electron chi connectivity index (χ3n) is 6.76. The molecule has 6 rings (SSSR count). The number of benzene rings is 2. The predicted octanol–water partition coefficient (Wildman–Crippen LogP) is 5.13. The van der Waals surface area contributed by atoms with Crippen molar-refractivity contribution in [3.8, 4) is 17.2 Å². The smallest absolute Gasteiger partial charge is 0.416 e. The Balaban J connectivity index is 1.13. The molecule has 0 bridgehead atoms. The number of anilines is 2. The van der Waals surface area contributed by atoms with Crippen LogP contribution in [0, 0.1) is 6.92 Å². The maximum absolute atomic E-state index is 13.2. The van der Waals surface area contributed by atoms with Crippen molar-refractivity contribution in [1.82, 2.24) is 10.3 Å². The lowest BCUT2D eigenvalue weighted by Gasteiger charge is -2.19. The first-order valence-electron chi connectivity index (χ1n) is 11.7. The number of hydrogen-bond donors (Lipinski definition) is 3. The number of ether oxygens (including phenoxy) is 2. The topological polar surface area (TPSA) is 102 Å². The first-order valence-corrected chi connectivity index (χ1v) is 11.7. The van der Waals surface area contributed by atoms with Gasteiger partial charge in [-0.3, -0.25) is 4.79 Å². The van der Waals surface area contributed by atoms with Gasteiger partial charge in [0.05, 0.1) is 17.5 Å². The van der Waals surface area contributed by atoms with Crippen LogP contribution in [-0.2, 0) is 17.4 Å². The molecule has 11 heteroatoms. The van der Waals surface area contributed by atoms with E-state index in [0.717, 1.165) is 17.2 Å². The zero-order valence-electron chi connectivity index (χ0n) is 19.5. The van der Waals surface area contributed by atoms with E-state index in [1.165, 1.54) is 19.1 Å². The summed E-state index contributed by atoms with van der Waals surface area (Å²) in [5.74, 6) is 2.17. The molecule has 1 aromatic heterocycles. The standard InChI is InChI=1S/C26H21F3N4O4/c1-12-2-3-13(10-17(12)26(27,28)29)31-25(35)33-22-21-16-11-14(4-6-18(16)37-23(21)22)36-19-8-9-30-24-15(19)5-7-20(34)32-24/h2-4,6,8-11,21-23H,5,7H2,1H3,(H,30,32,34)(H2,31,33,35). The molecule has 190 valence electrons. The molecule has 1 aliphatic carbocycles. The average molecular weight is 510 g/mol. The minimum absolute atomic E-state index is 0.0510. The number of pyridine rings is 1. The first-order chi connectivity index (χ1) is 17.7. The van der Waals surface area contributed by atoms with E-state index in [2.05, 4.69) is 20.9 Å². The number of amides is 3. The molecule has 8 nitrogen and oxygen atoms in total. The molecular weight excluding hydrogens is 489 g/mol. The van der Waals surface area contributed by atoms with Crippen molar-refractivity contribution in [2.75, 3.05) is 10.6 Å². The molecule has 3 N–H and O–H groups in total. The first kappa shape index (κ1) is 23.1. The fourth-order valence-corrected chi connectivity index (χ4v) is 4.88. The van der Waals surface area contributed by atoms with Crippen LogP contribution in [0.2, 0.25) is 0 Å². The largest absolute Gasteiger partial charge is 0.487 e. The molecule has 1 fully saturated rings. The molecule has 0 saturated heterocycles. The third kappa shape index (κ3) is 4.30. The Morgan fingerprint density at radius 1 is 1.16 bits per heavy atom. The fourth-order valence-electron chi connectivity index (χ4n) is 4.88. The molecule has 3 amide bonds. The fraction of sp³-hybridized carbons (Fsp3) is 0.269. The molecular formula is C26H21F3N4O4. The number of aromatic nitrogens is 1. The Hall–Kier alpha value is -4.28. The van der Waals surface area contributed by atoms with E-state index in [1.807, 2.05) is 6.07 Å². The summed E-state index contributed by atoms with van der Waals surface area (Å²) in [6.45, 7) is 1.37. The van der Waals surface area contributed by atoms with Crippen molar-refractivity contribution in [2.45, 2.75) is 44.0 Å². The van der Waals surface area contributed by atoms with Gasteiger partial charge in [-0.2, -0.15) is 13.2 Å².